The number of hydrogen-bond acceptors (Lipinski definition) is 3. The van der Waals surface area contributed by atoms with E-state index in [4.69, 9.17) is 0 Å². The van der Waals surface area contributed by atoms with Crippen LogP contribution >= 0.6 is 0 Å². The predicted molar refractivity (Wildman–Crippen MR) is 113 cm³/mol. The molecule has 1 atom stereocenters. The van der Waals surface area contributed by atoms with Crippen molar-refractivity contribution in [1.29, 1.82) is 0 Å². The topological polar surface area (TPSA) is 60.9 Å². The van der Waals surface area contributed by atoms with Gasteiger partial charge in [-0.25, -0.2) is 0 Å². The lowest BCUT2D eigenvalue weighted by Gasteiger charge is -2.47. The number of amides is 3. The quantitative estimate of drug-likeness (QED) is 0.766. The second kappa shape index (κ2) is 7.71. The number of likely N-dealkylation sites (tertiary alicyclic amines) is 3. The minimum Gasteiger partial charge on any atom is -0.342 e. The molecular formula is C24H31N3O3. The largest absolute Gasteiger partial charge is 0.342 e. The Morgan fingerprint density at radius 3 is 2.20 bits per heavy atom. The van der Waals surface area contributed by atoms with Crippen molar-refractivity contribution in [2.24, 2.45) is 5.92 Å². The van der Waals surface area contributed by atoms with Gasteiger partial charge in [0, 0.05) is 39.1 Å². The van der Waals surface area contributed by atoms with Gasteiger partial charge in [0.1, 0.15) is 0 Å². The molecule has 0 spiro atoms. The highest BCUT2D eigenvalue weighted by atomic mass is 16.2. The predicted octanol–water partition coefficient (Wildman–Crippen LogP) is 2.18. The van der Waals surface area contributed by atoms with Crippen LogP contribution in [0, 0.1) is 5.92 Å². The highest BCUT2D eigenvalue weighted by Crippen LogP contribution is 2.43. The highest BCUT2D eigenvalue weighted by molar-refractivity contribution is 5.91. The number of rotatable bonds is 4. The molecule has 30 heavy (non-hydrogen) atoms. The van der Waals surface area contributed by atoms with E-state index in [9.17, 15) is 14.4 Å². The van der Waals surface area contributed by atoms with Gasteiger partial charge < -0.3 is 14.7 Å². The summed E-state index contributed by atoms with van der Waals surface area (Å²) in [4.78, 5) is 44.5. The number of benzene rings is 1. The van der Waals surface area contributed by atoms with Gasteiger partial charge in [0.25, 0.3) is 0 Å². The first-order valence-electron chi connectivity index (χ1n) is 11.5. The zero-order valence-electron chi connectivity index (χ0n) is 17.6. The number of hydrogen-bond donors (Lipinski definition) is 0. The maximum Gasteiger partial charge on any atom is 0.233 e. The molecule has 0 radical (unpaired) electrons. The number of carbonyl (C=O) groups is 3. The lowest BCUT2D eigenvalue weighted by molar-refractivity contribution is -0.149. The van der Waals surface area contributed by atoms with Crippen LogP contribution in [-0.4, -0.2) is 71.2 Å². The molecular weight excluding hydrogens is 378 g/mol. The molecule has 5 rings (SSSR count). The van der Waals surface area contributed by atoms with E-state index in [1.165, 1.54) is 0 Å². The zero-order chi connectivity index (χ0) is 20.7. The van der Waals surface area contributed by atoms with Crippen LogP contribution in [0.3, 0.4) is 0 Å². The Labute approximate surface area is 178 Å². The van der Waals surface area contributed by atoms with E-state index in [0.717, 1.165) is 57.2 Å². The molecule has 1 saturated carbocycles. The average molecular weight is 410 g/mol. The molecule has 1 aliphatic carbocycles. The summed E-state index contributed by atoms with van der Waals surface area (Å²) >= 11 is 0. The molecule has 3 saturated heterocycles. The van der Waals surface area contributed by atoms with Crippen LogP contribution in [0.15, 0.2) is 30.3 Å². The summed E-state index contributed by atoms with van der Waals surface area (Å²) in [5.41, 5.74) is 0.736. The fourth-order valence-corrected chi connectivity index (χ4v) is 5.93. The first-order valence-corrected chi connectivity index (χ1v) is 11.5. The van der Waals surface area contributed by atoms with Gasteiger partial charge in [0.2, 0.25) is 17.7 Å². The SMILES string of the molecule is O=C(C1CC(=O)N(C2CN(C(=O)C3(c4ccccc4)CCCC3)C2)C1)N1CCCC1. The minimum absolute atomic E-state index is 0.0621. The zero-order valence-corrected chi connectivity index (χ0v) is 17.6. The molecule has 1 aromatic carbocycles. The van der Waals surface area contributed by atoms with E-state index < -0.39 is 5.41 Å². The summed E-state index contributed by atoms with van der Waals surface area (Å²) in [6, 6.07) is 10.3. The molecule has 3 aliphatic heterocycles. The molecule has 1 aromatic rings. The van der Waals surface area contributed by atoms with Crippen LogP contribution in [0.25, 0.3) is 0 Å². The van der Waals surface area contributed by atoms with Crippen LogP contribution in [0.5, 0.6) is 0 Å². The van der Waals surface area contributed by atoms with Crippen molar-refractivity contribution in [1.82, 2.24) is 14.7 Å². The van der Waals surface area contributed by atoms with Crippen LogP contribution < -0.4 is 0 Å². The van der Waals surface area contributed by atoms with E-state index in [2.05, 4.69) is 12.1 Å². The third-order valence-electron chi connectivity index (χ3n) is 7.71. The van der Waals surface area contributed by atoms with Gasteiger partial charge in [-0.15, -0.1) is 0 Å². The third-order valence-corrected chi connectivity index (χ3v) is 7.71. The second-order valence-electron chi connectivity index (χ2n) is 9.50. The van der Waals surface area contributed by atoms with Crippen LogP contribution in [0.2, 0.25) is 0 Å². The monoisotopic (exact) mass is 409 g/mol. The number of carbonyl (C=O) groups excluding carboxylic acids is 3. The van der Waals surface area contributed by atoms with Crippen molar-refractivity contribution >= 4 is 17.7 Å². The summed E-state index contributed by atoms with van der Waals surface area (Å²) in [6.45, 7) is 3.38. The van der Waals surface area contributed by atoms with Crippen LogP contribution in [0.1, 0.15) is 50.5 Å². The van der Waals surface area contributed by atoms with Crippen molar-refractivity contribution in [3.63, 3.8) is 0 Å². The molecule has 0 bridgehead atoms. The van der Waals surface area contributed by atoms with Crippen molar-refractivity contribution in [2.75, 3.05) is 32.7 Å². The van der Waals surface area contributed by atoms with Gasteiger partial charge in [-0.3, -0.25) is 14.4 Å². The average Bonchev–Trinajstić information content (AvgIpc) is 3.49. The Kier molecular flexibility index (Phi) is 5.03. The van der Waals surface area contributed by atoms with Crippen molar-refractivity contribution in [3.05, 3.63) is 35.9 Å². The molecule has 6 nitrogen and oxygen atoms in total. The summed E-state index contributed by atoms with van der Waals surface area (Å²) in [5.74, 6) is 0.234. The van der Waals surface area contributed by atoms with E-state index in [1.54, 1.807) is 0 Å². The standard InChI is InChI=1S/C24H31N3O3/c28-21-14-18(22(29)25-12-6-7-13-25)15-27(21)20-16-26(17-20)23(30)24(10-4-5-11-24)19-8-2-1-3-9-19/h1-3,8-9,18,20H,4-7,10-17H2. The van der Waals surface area contributed by atoms with E-state index in [-0.39, 0.29) is 29.7 Å². The van der Waals surface area contributed by atoms with Gasteiger partial charge in [-0.05, 0) is 31.2 Å². The molecule has 0 N–H and O–H groups in total. The lowest BCUT2D eigenvalue weighted by Crippen LogP contribution is -2.64. The van der Waals surface area contributed by atoms with E-state index in [0.29, 0.717) is 26.1 Å². The first-order chi connectivity index (χ1) is 14.6. The molecule has 0 aromatic heterocycles. The van der Waals surface area contributed by atoms with Gasteiger partial charge in [0.15, 0.2) is 0 Å². The molecule has 4 aliphatic rings. The Hall–Kier alpha value is -2.37. The highest BCUT2D eigenvalue weighted by Gasteiger charge is 2.50. The van der Waals surface area contributed by atoms with E-state index in [1.807, 2.05) is 32.9 Å². The fraction of sp³-hybridized carbons (Fsp3) is 0.625. The Bertz CT molecular complexity index is 821. The Morgan fingerprint density at radius 1 is 0.867 bits per heavy atom. The Balaban J connectivity index is 1.22. The summed E-state index contributed by atoms with van der Waals surface area (Å²) in [5, 5.41) is 0. The van der Waals surface area contributed by atoms with Crippen LogP contribution in [0.4, 0.5) is 0 Å². The summed E-state index contributed by atoms with van der Waals surface area (Å²) in [7, 11) is 0. The lowest BCUT2D eigenvalue weighted by atomic mass is 9.76. The minimum atomic E-state index is -0.393. The van der Waals surface area contributed by atoms with Gasteiger partial charge in [0.05, 0.1) is 17.4 Å². The molecule has 160 valence electrons. The smallest absolute Gasteiger partial charge is 0.233 e. The maximum absolute atomic E-state index is 13.5. The summed E-state index contributed by atoms with van der Waals surface area (Å²) in [6.07, 6.45) is 6.45. The van der Waals surface area contributed by atoms with Gasteiger partial charge in [-0.1, -0.05) is 43.2 Å². The maximum atomic E-state index is 13.5. The van der Waals surface area contributed by atoms with Gasteiger partial charge in [-0.2, -0.15) is 0 Å². The molecule has 1 unspecified atom stereocenters. The normalized spacial score (nSPS) is 26.3. The first kappa shape index (κ1) is 19.6. The number of nitrogens with zero attached hydrogens (tertiary/aromatic N) is 3. The van der Waals surface area contributed by atoms with Crippen LogP contribution in [-0.2, 0) is 19.8 Å². The van der Waals surface area contributed by atoms with Crippen molar-refractivity contribution < 1.29 is 14.4 Å². The second-order valence-corrected chi connectivity index (χ2v) is 9.50. The Morgan fingerprint density at radius 2 is 1.53 bits per heavy atom. The van der Waals surface area contributed by atoms with Gasteiger partial charge >= 0.3 is 0 Å². The molecule has 3 amide bonds. The third kappa shape index (κ3) is 3.21. The molecule has 4 fully saturated rings. The summed E-state index contributed by atoms with van der Waals surface area (Å²) < 4.78 is 0. The van der Waals surface area contributed by atoms with E-state index >= 15 is 0 Å². The van der Waals surface area contributed by atoms with Crippen molar-refractivity contribution in [3.8, 4) is 0 Å². The molecule has 3 heterocycles. The van der Waals surface area contributed by atoms with Crippen molar-refractivity contribution in [2.45, 2.75) is 56.4 Å². The fourth-order valence-electron chi connectivity index (χ4n) is 5.93. The molecule has 6 heteroatoms.